The van der Waals surface area contributed by atoms with Gasteiger partial charge < -0.3 is 20.5 Å². The van der Waals surface area contributed by atoms with Gasteiger partial charge in [-0.25, -0.2) is 4.79 Å². The fourth-order valence-corrected chi connectivity index (χ4v) is 2.19. The van der Waals surface area contributed by atoms with Gasteiger partial charge in [0, 0.05) is 13.2 Å². The molecule has 0 aromatic heterocycles. The molecule has 5 heteroatoms. The van der Waals surface area contributed by atoms with Gasteiger partial charge in [0.2, 0.25) is 0 Å². The molecule has 1 aromatic carbocycles. The third-order valence-electron chi connectivity index (χ3n) is 3.22. The Morgan fingerprint density at radius 1 is 1.29 bits per heavy atom. The van der Waals surface area contributed by atoms with Gasteiger partial charge in [-0.2, -0.15) is 0 Å². The quantitative estimate of drug-likeness (QED) is 0.655. The smallest absolute Gasteiger partial charge is 0.319 e. The number of amides is 2. The first-order valence-corrected chi connectivity index (χ1v) is 7.58. The second kappa shape index (κ2) is 10.0. The number of urea groups is 1. The lowest BCUT2D eigenvalue weighted by Crippen LogP contribution is -2.33. The molecular formula is C16H26N2O3. The number of aliphatic hydroxyl groups is 1. The van der Waals surface area contributed by atoms with Gasteiger partial charge in [-0.3, -0.25) is 0 Å². The summed E-state index contributed by atoms with van der Waals surface area (Å²) in [6.45, 7) is 5.28. The summed E-state index contributed by atoms with van der Waals surface area (Å²) in [7, 11) is 0. The van der Waals surface area contributed by atoms with Crippen molar-refractivity contribution in [3.05, 3.63) is 24.3 Å². The number of carbonyl (C=O) groups excluding carboxylic acids is 1. The lowest BCUT2D eigenvalue weighted by molar-refractivity contribution is 0.236. The summed E-state index contributed by atoms with van der Waals surface area (Å²) in [6.07, 6.45) is 2.75. The molecule has 1 unspecified atom stereocenters. The zero-order valence-electron chi connectivity index (χ0n) is 12.9. The first kappa shape index (κ1) is 17.3. The summed E-state index contributed by atoms with van der Waals surface area (Å²) in [4.78, 5) is 11.9. The molecule has 118 valence electrons. The number of rotatable bonds is 9. The van der Waals surface area contributed by atoms with Crippen molar-refractivity contribution < 1.29 is 14.6 Å². The Bertz CT molecular complexity index is 418. The van der Waals surface area contributed by atoms with Crippen LogP contribution in [-0.4, -0.2) is 30.9 Å². The Morgan fingerprint density at radius 3 is 2.71 bits per heavy atom. The Balaban J connectivity index is 2.49. The van der Waals surface area contributed by atoms with Crippen molar-refractivity contribution in [3.8, 4) is 5.75 Å². The highest BCUT2D eigenvalue weighted by molar-refractivity contribution is 5.90. The molecule has 0 aliphatic carbocycles. The van der Waals surface area contributed by atoms with Gasteiger partial charge in [-0.1, -0.05) is 25.5 Å². The molecule has 0 saturated heterocycles. The summed E-state index contributed by atoms with van der Waals surface area (Å²) >= 11 is 0. The van der Waals surface area contributed by atoms with Crippen LogP contribution in [0.5, 0.6) is 5.75 Å². The number of para-hydroxylation sites is 2. The van der Waals surface area contributed by atoms with E-state index in [1.165, 1.54) is 0 Å². The lowest BCUT2D eigenvalue weighted by Gasteiger charge is -2.17. The molecule has 0 spiro atoms. The van der Waals surface area contributed by atoms with E-state index in [0.29, 0.717) is 36.9 Å². The maximum Gasteiger partial charge on any atom is 0.319 e. The van der Waals surface area contributed by atoms with Crippen LogP contribution in [0.1, 0.15) is 33.1 Å². The van der Waals surface area contributed by atoms with E-state index >= 15 is 0 Å². The molecule has 0 fully saturated rings. The number of benzene rings is 1. The lowest BCUT2D eigenvalue weighted by atomic mass is 10.0. The molecule has 0 heterocycles. The summed E-state index contributed by atoms with van der Waals surface area (Å²) in [6, 6.07) is 7.10. The molecule has 3 N–H and O–H groups in total. The van der Waals surface area contributed by atoms with E-state index in [9.17, 15) is 4.79 Å². The molecule has 0 aliphatic heterocycles. The van der Waals surface area contributed by atoms with E-state index in [0.717, 1.165) is 12.8 Å². The molecule has 0 radical (unpaired) electrons. The topological polar surface area (TPSA) is 70.6 Å². The number of nitrogens with one attached hydrogen (secondary N) is 2. The van der Waals surface area contributed by atoms with Crippen molar-refractivity contribution >= 4 is 11.7 Å². The molecule has 0 aliphatic rings. The normalized spacial score (nSPS) is 11.8. The average Bonchev–Trinajstić information content (AvgIpc) is 2.47. The third-order valence-corrected chi connectivity index (χ3v) is 3.22. The summed E-state index contributed by atoms with van der Waals surface area (Å²) in [5.41, 5.74) is 0.658. The van der Waals surface area contributed by atoms with Crippen molar-refractivity contribution in [2.45, 2.75) is 33.1 Å². The number of carbonyl (C=O) groups is 1. The maximum absolute atomic E-state index is 11.9. The van der Waals surface area contributed by atoms with Crippen molar-refractivity contribution in [3.63, 3.8) is 0 Å². The SMILES string of the molecule is CCCC(CCO)CNC(=O)Nc1ccccc1OCC. The van der Waals surface area contributed by atoms with Crippen molar-refractivity contribution in [2.24, 2.45) is 5.92 Å². The summed E-state index contributed by atoms with van der Waals surface area (Å²) in [5, 5.41) is 14.7. The Morgan fingerprint density at radius 2 is 2.05 bits per heavy atom. The zero-order valence-corrected chi connectivity index (χ0v) is 12.9. The fourth-order valence-electron chi connectivity index (χ4n) is 2.19. The van der Waals surface area contributed by atoms with Gasteiger partial charge in [-0.05, 0) is 37.8 Å². The molecule has 1 rings (SSSR count). The number of aliphatic hydroxyl groups excluding tert-OH is 1. The van der Waals surface area contributed by atoms with Gasteiger partial charge in [0.15, 0.2) is 0 Å². The second-order valence-corrected chi connectivity index (χ2v) is 4.93. The van der Waals surface area contributed by atoms with Crippen LogP contribution in [0.15, 0.2) is 24.3 Å². The number of hydrogen-bond acceptors (Lipinski definition) is 3. The van der Waals surface area contributed by atoms with E-state index in [4.69, 9.17) is 9.84 Å². The van der Waals surface area contributed by atoms with Crippen molar-refractivity contribution in [1.29, 1.82) is 0 Å². The van der Waals surface area contributed by atoms with Crippen molar-refractivity contribution in [2.75, 3.05) is 25.1 Å². The molecule has 2 amide bonds. The predicted molar refractivity (Wildman–Crippen MR) is 84.7 cm³/mol. The van der Waals surface area contributed by atoms with Gasteiger partial charge in [0.1, 0.15) is 5.75 Å². The largest absolute Gasteiger partial charge is 0.492 e. The van der Waals surface area contributed by atoms with Crippen LogP contribution in [-0.2, 0) is 0 Å². The van der Waals surface area contributed by atoms with Crippen LogP contribution in [0.2, 0.25) is 0 Å². The summed E-state index contributed by atoms with van der Waals surface area (Å²) < 4.78 is 5.47. The molecule has 5 nitrogen and oxygen atoms in total. The minimum absolute atomic E-state index is 0.154. The van der Waals surface area contributed by atoms with E-state index < -0.39 is 0 Å². The van der Waals surface area contributed by atoms with Gasteiger partial charge in [-0.15, -0.1) is 0 Å². The van der Waals surface area contributed by atoms with Crippen LogP contribution >= 0.6 is 0 Å². The Kier molecular flexibility index (Phi) is 8.28. The molecule has 0 bridgehead atoms. The van der Waals surface area contributed by atoms with E-state index in [1.807, 2.05) is 31.2 Å². The zero-order chi connectivity index (χ0) is 15.5. The van der Waals surface area contributed by atoms with Crippen molar-refractivity contribution in [1.82, 2.24) is 5.32 Å². The Labute approximate surface area is 126 Å². The summed E-state index contributed by atoms with van der Waals surface area (Å²) in [5.74, 6) is 0.975. The molecule has 0 saturated carbocycles. The first-order chi connectivity index (χ1) is 10.2. The molecule has 1 atom stereocenters. The minimum atomic E-state index is -0.249. The monoisotopic (exact) mass is 294 g/mol. The maximum atomic E-state index is 11.9. The van der Waals surface area contributed by atoms with Gasteiger partial charge in [0.25, 0.3) is 0 Å². The molecular weight excluding hydrogens is 268 g/mol. The van der Waals surface area contributed by atoms with E-state index in [-0.39, 0.29) is 12.6 Å². The van der Waals surface area contributed by atoms with Crippen LogP contribution in [0, 0.1) is 5.92 Å². The highest BCUT2D eigenvalue weighted by atomic mass is 16.5. The predicted octanol–water partition coefficient (Wildman–Crippen LogP) is 3.01. The second-order valence-electron chi connectivity index (χ2n) is 4.93. The molecule has 1 aromatic rings. The fraction of sp³-hybridized carbons (Fsp3) is 0.562. The first-order valence-electron chi connectivity index (χ1n) is 7.58. The van der Waals surface area contributed by atoms with E-state index in [1.54, 1.807) is 0 Å². The highest BCUT2D eigenvalue weighted by Gasteiger charge is 2.11. The Hall–Kier alpha value is -1.75. The molecule has 21 heavy (non-hydrogen) atoms. The standard InChI is InChI=1S/C16H26N2O3/c1-3-7-13(10-11-19)12-17-16(20)18-14-8-5-6-9-15(14)21-4-2/h5-6,8-9,13,19H,3-4,7,10-12H2,1-2H3,(H2,17,18,20). The minimum Gasteiger partial charge on any atom is -0.492 e. The number of anilines is 1. The van der Waals surface area contributed by atoms with Crippen LogP contribution < -0.4 is 15.4 Å². The third kappa shape index (κ3) is 6.49. The number of ether oxygens (including phenoxy) is 1. The van der Waals surface area contributed by atoms with E-state index in [2.05, 4.69) is 17.6 Å². The van der Waals surface area contributed by atoms with Crippen LogP contribution in [0.25, 0.3) is 0 Å². The van der Waals surface area contributed by atoms with Gasteiger partial charge >= 0.3 is 6.03 Å². The highest BCUT2D eigenvalue weighted by Crippen LogP contribution is 2.23. The number of hydrogen-bond donors (Lipinski definition) is 3. The van der Waals surface area contributed by atoms with Crippen LogP contribution in [0.3, 0.4) is 0 Å². The van der Waals surface area contributed by atoms with Gasteiger partial charge in [0.05, 0.1) is 12.3 Å². The van der Waals surface area contributed by atoms with Crippen LogP contribution in [0.4, 0.5) is 10.5 Å². The average molecular weight is 294 g/mol.